The highest BCUT2D eigenvalue weighted by Crippen LogP contribution is 2.24. The molecular formula is C31H45NO4. The maximum atomic E-state index is 13.5. The number of benzene rings is 2. The number of aliphatic carboxylic acids is 1. The van der Waals surface area contributed by atoms with Gasteiger partial charge in [-0.15, -0.1) is 0 Å². The van der Waals surface area contributed by atoms with E-state index in [-0.39, 0.29) is 18.4 Å². The standard InChI is InChI=1S/C31H45NO4/c1-3-5-7-8-16-21-29(36-25-27-19-14-10-15-20-27)28(23-31(34)35)32(30(33)22-11-6-4-2)24-26-17-12-9-13-18-26/h9-10,12-15,17-20,28-29H,3-8,11,16,21-25H2,1-2H3,(H,34,35)/t28-,29+/m0/s1. The number of carbonyl (C=O) groups is 2. The van der Waals surface area contributed by atoms with Gasteiger partial charge < -0.3 is 14.7 Å². The molecule has 0 unspecified atom stereocenters. The molecule has 0 spiro atoms. The van der Waals surface area contributed by atoms with E-state index in [1.54, 1.807) is 4.90 Å². The van der Waals surface area contributed by atoms with E-state index in [1.807, 2.05) is 60.7 Å². The summed E-state index contributed by atoms with van der Waals surface area (Å²) in [5.41, 5.74) is 2.05. The summed E-state index contributed by atoms with van der Waals surface area (Å²) in [6.07, 6.45) is 9.10. The van der Waals surface area contributed by atoms with Crippen LogP contribution >= 0.6 is 0 Å². The monoisotopic (exact) mass is 495 g/mol. The Morgan fingerprint density at radius 1 is 0.806 bits per heavy atom. The maximum absolute atomic E-state index is 13.5. The largest absolute Gasteiger partial charge is 0.481 e. The molecule has 0 fully saturated rings. The lowest BCUT2D eigenvalue weighted by atomic mass is 9.97. The van der Waals surface area contributed by atoms with E-state index in [0.717, 1.165) is 56.1 Å². The molecule has 2 rings (SSSR count). The van der Waals surface area contributed by atoms with E-state index < -0.39 is 12.0 Å². The Kier molecular flexibility index (Phi) is 14.6. The van der Waals surface area contributed by atoms with Crippen LogP contribution in [0.15, 0.2) is 60.7 Å². The van der Waals surface area contributed by atoms with E-state index in [0.29, 0.717) is 19.6 Å². The molecule has 2 atom stereocenters. The van der Waals surface area contributed by atoms with E-state index in [9.17, 15) is 14.7 Å². The Balaban J connectivity index is 2.30. The zero-order valence-electron chi connectivity index (χ0n) is 22.2. The highest BCUT2D eigenvalue weighted by atomic mass is 16.5. The highest BCUT2D eigenvalue weighted by Gasteiger charge is 2.33. The van der Waals surface area contributed by atoms with Crippen molar-refractivity contribution in [1.82, 2.24) is 4.90 Å². The van der Waals surface area contributed by atoms with Crippen LogP contribution in [0, 0.1) is 0 Å². The molecule has 0 bridgehead atoms. The summed E-state index contributed by atoms with van der Waals surface area (Å²) in [6.45, 7) is 5.11. The molecule has 0 aliphatic rings. The first-order valence-electron chi connectivity index (χ1n) is 13.8. The molecule has 0 heterocycles. The predicted octanol–water partition coefficient (Wildman–Crippen LogP) is 7.38. The van der Waals surface area contributed by atoms with Crippen molar-refractivity contribution in [2.24, 2.45) is 0 Å². The lowest BCUT2D eigenvalue weighted by Crippen LogP contribution is -2.48. The van der Waals surface area contributed by atoms with Gasteiger partial charge in [0.15, 0.2) is 0 Å². The third-order valence-electron chi connectivity index (χ3n) is 6.62. The number of amides is 1. The molecule has 2 aromatic rings. The molecule has 0 saturated carbocycles. The molecule has 1 N–H and O–H groups in total. The van der Waals surface area contributed by atoms with Crippen LogP contribution in [0.1, 0.15) is 95.6 Å². The van der Waals surface area contributed by atoms with Crippen molar-refractivity contribution in [3.05, 3.63) is 71.8 Å². The number of hydrogen-bond acceptors (Lipinski definition) is 3. The summed E-state index contributed by atoms with van der Waals surface area (Å²) in [4.78, 5) is 27.4. The van der Waals surface area contributed by atoms with Crippen LogP contribution in [0.2, 0.25) is 0 Å². The number of ether oxygens (including phenoxy) is 1. The van der Waals surface area contributed by atoms with Gasteiger partial charge >= 0.3 is 5.97 Å². The quantitative estimate of drug-likeness (QED) is 0.206. The zero-order valence-corrected chi connectivity index (χ0v) is 22.2. The van der Waals surface area contributed by atoms with Crippen LogP contribution < -0.4 is 0 Å². The van der Waals surface area contributed by atoms with Gasteiger partial charge in [0.1, 0.15) is 0 Å². The lowest BCUT2D eigenvalue weighted by molar-refractivity contribution is -0.146. The Morgan fingerprint density at radius 2 is 1.39 bits per heavy atom. The molecule has 198 valence electrons. The maximum Gasteiger partial charge on any atom is 0.305 e. The van der Waals surface area contributed by atoms with Gasteiger partial charge in [0, 0.05) is 13.0 Å². The molecule has 0 aliphatic heterocycles. The first kappa shape index (κ1) is 29.6. The first-order valence-corrected chi connectivity index (χ1v) is 13.8. The average Bonchev–Trinajstić information content (AvgIpc) is 2.89. The second kappa shape index (κ2) is 17.7. The number of carboxylic acid groups (broad SMARTS) is 1. The minimum Gasteiger partial charge on any atom is -0.481 e. The van der Waals surface area contributed by atoms with E-state index in [4.69, 9.17) is 4.74 Å². The molecule has 5 heteroatoms. The Bertz CT molecular complexity index is 855. The van der Waals surface area contributed by atoms with Gasteiger partial charge in [0.05, 0.1) is 25.2 Å². The number of rotatable bonds is 19. The minimum absolute atomic E-state index is 0.0119. The van der Waals surface area contributed by atoms with E-state index >= 15 is 0 Å². The van der Waals surface area contributed by atoms with Crippen LogP contribution in [-0.2, 0) is 27.5 Å². The molecule has 2 aromatic carbocycles. The minimum atomic E-state index is -0.904. The summed E-state index contributed by atoms with van der Waals surface area (Å²) in [5.74, 6) is -0.892. The number of carbonyl (C=O) groups excluding carboxylic acids is 1. The van der Waals surface area contributed by atoms with Crippen molar-refractivity contribution < 1.29 is 19.4 Å². The average molecular weight is 496 g/mol. The van der Waals surface area contributed by atoms with Crippen molar-refractivity contribution in [2.75, 3.05) is 0 Å². The van der Waals surface area contributed by atoms with Gasteiger partial charge in [0.25, 0.3) is 0 Å². The van der Waals surface area contributed by atoms with Crippen molar-refractivity contribution in [1.29, 1.82) is 0 Å². The number of nitrogens with zero attached hydrogens (tertiary/aromatic N) is 1. The lowest BCUT2D eigenvalue weighted by Gasteiger charge is -2.37. The Hall–Kier alpha value is -2.66. The van der Waals surface area contributed by atoms with Gasteiger partial charge in [-0.2, -0.15) is 0 Å². The Labute approximate surface area is 217 Å². The number of hydrogen-bond donors (Lipinski definition) is 1. The van der Waals surface area contributed by atoms with Gasteiger partial charge in [-0.1, -0.05) is 119 Å². The topological polar surface area (TPSA) is 66.8 Å². The highest BCUT2D eigenvalue weighted by molar-refractivity contribution is 5.77. The molecule has 0 aliphatic carbocycles. The van der Waals surface area contributed by atoms with Crippen LogP contribution in [0.3, 0.4) is 0 Å². The molecule has 1 amide bonds. The van der Waals surface area contributed by atoms with Gasteiger partial charge in [0.2, 0.25) is 5.91 Å². The van der Waals surface area contributed by atoms with Crippen LogP contribution in [-0.4, -0.2) is 34.0 Å². The summed E-state index contributed by atoms with van der Waals surface area (Å²) >= 11 is 0. The fourth-order valence-corrected chi connectivity index (χ4v) is 4.57. The number of carboxylic acids is 1. The second-order valence-electron chi connectivity index (χ2n) is 9.67. The zero-order chi connectivity index (χ0) is 26.0. The van der Waals surface area contributed by atoms with Crippen LogP contribution in [0.5, 0.6) is 0 Å². The van der Waals surface area contributed by atoms with Crippen LogP contribution in [0.4, 0.5) is 0 Å². The summed E-state index contributed by atoms with van der Waals surface area (Å²) in [6, 6.07) is 19.3. The second-order valence-corrected chi connectivity index (χ2v) is 9.67. The SMILES string of the molecule is CCCCCCC[C@@H](OCc1ccccc1)[C@H](CC(=O)O)N(Cc1ccccc1)C(=O)CCCCC. The van der Waals surface area contributed by atoms with Crippen molar-refractivity contribution in [2.45, 2.75) is 110 Å². The van der Waals surface area contributed by atoms with Gasteiger partial charge in [-0.3, -0.25) is 9.59 Å². The fraction of sp³-hybridized carbons (Fsp3) is 0.548. The van der Waals surface area contributed by atoms with Crippen molar-refractivity contribution >= 4 is 11.9 Å². The summed E-state index contributed by atoms with van der Waals surface area (Å²) in [7, 11) is 0. The van der Waals surface area contributed by atoms with Gasteiger partial charge in [-0.05, 0) is 24.0 Å². The molecule has 0 radical (unpaired) electrons. The summed E-state index contributed by atoms with van der Waals surface area (Å²) < 4.78 is 6.44. The van der Waals surface area contributed by atoms with E-state index in [1.165, 1.54) is 12.8 Å². The number of unbranched alkanes of at least 4 members (excludes halogenated alkanes) is 6. The molecule has 5 nitrogen and oxygen atoms in total. The molecule has 0 saturated heterocycles. The van der Waals surface area contributed by atoms with Crippen LogP contribution in [0.25, 0.3) is 0 Å². The van der Waals surface area contributed by atoms with Crippen molar-refractivity contribution in [3.8, 4) is 0 Å². The summed E-state index contributed by atoms with van der Waals surface area (Å²) in [5, 5.41) is 9.88. The molecule has 0 aromatic heterocycles. The fourth-order valence-electron chi connectivity index (χ4n) is 4.57. The van der Waals surface area contributed by atoms with E-state index in [2.05, 4.69) is 13.8 Å². The van der Waals surface area contributed by atoms with Crippen molar-refractivity contribution in [3.63, 3.8) is 0 Å². The molecule has 36 heavy (non-hydrogen) atoms. The smallest absolute Gasteiger partial charge is 0.305 e. The Morgan fingerprint density at radius 3 is 2.00 bits per heavy atom. The predicted molar refractivity (Wildman–Crippen MR) is 146 cm³/mol. The first-order chi connectivity index (χ1) is 17.5. The third-order valence-corrected chi connectivity index (χ3v) is 6.62. The normalized spacial score (nSPS) is 12.7. The van der Waals surface area contributed by atoms with Gasteiger partial charge in [-0.25, -0.2) is 0 Å². The molecular weight excluding hydrogens is 450 g/mol. The third kappa shape index (κ3) is 11.4.